The van der Waals surface area contributed by atoms with E-state index in [-0.39, 0.29) is 11.4 Å². The van der Waals surface area contributed by atoms with Gasteiger partial charge in [0, 0.05) is 6.61 Å². The Kier molecular flexibility index (Phi) is 3.93. The van der Waals surface area contributed by atoms with E-state index in [0.717, 1.165) is 12.3 Å². The van der Waals surface area contributed by atoms with Crippen LogP contribution >= 0.6 is 0 Å². The molecule has 2 rings (SSSR count). The molecule has 2 aliphatic carbocycles. The highest BCUT2D eigenvalue weighted by molar-refractivity contribution is 5.79. The number of nitrogens with two attached hydrogens (primary N) is 1. The molecule has 0 heterocycles. The lowest BCUT2D eigenvalue weighted by atomic mass is 9.70. The number of carbonyl (C=O) groups excluding carboxylic acids is 1. The highest BCUT2D eigenvalue weighted by atomic mass is 16.5. The van der Waals surface area contributed by atoms with Crippen molar-refractivity contribution in [3.8, 4) is 0 Å². The topological polar surface area (TPSA) is 61.5 Å². The van der Waals surface area contributed by atoms with E-state index in [9.17, 15) is 4.79 Å². The van der Waals surface area contributed by atoms with Crippen molar-refractivity contribution in [2.75, 3.05) is 13.7 Å². The third kappa shape index (κ3) is 2.27. The predicted molar refractivity (Wildman–Crippen MR) is 78.2 cm³/mol. The van der Waals surface area contributed by atoms with Gasteiger partial charge in [0.05, 0.1) is 13.2 Å². The fourth-order valence-electron chi connectivity index (χ4n) is 4.13. The van der Waals surface area contributed by atoms with Crippen LogP contribution in [0.1, 0.15) is 53.4 Å². The van der Waals surface area contributed by atoms with Crippen LogP contribution in [0, 0.1) is 16.7 Å². The van der Waals surface area contributed by atoms with Gasteiger partial charge in [-0.05, 0) is 49.4 Å². The molecule has 0 aliphatic heterocycles. The summed E-state index contributed by atoms with van der Waals surface area (Å²) in [6.45, 7) is 9.32. The average molecular weight is 283 g/mol. The van der Waals surface area contributed by atoms with E-state index in [4.69, 9.17) is 15.2 Å². The van der Waals surface area contributed by atoms with Gasteiger partial charge in [0.25, 0.3) is 0 Å². The van der Waals surface area contributed by atoms with E-state index >= 15 is 0 Å². The lowest BCUT2D eigenvalue weighted by molar-refractivity contribution is -0.147. The first-order chi connectivity index (χ1) is 9.15. The summed E-state index contributed by atoms with van der Waals surface area (Å²) in [6, 6.07) is 0. The van der Waals surface area contributed by atoms with E-state index in [1.165, 1.54) is 20.0 Å². The molecule has 0 aromatic heterocycles. The van der Waals surface area contributed by atoms with E-state index in [0.29, 0.717) is 24.5 Å². The van der Waals surface area contributed by atoms with Gasteiger partial charge in [-0.2, -0.15) is 0 Å². The summed E-state index contributed by atoms with van der Waals surface area (Å²) in [5, 5.41) is 0. The molecule has 0 spiro atoms. The van der Waals surface area contributed by atoms with Crippen LogP contribution in [-0.2, 0) is 14.3 Å². The fourth-order valence-corrected chi connectivity index (χ4v) is 4.13. The van der Waals surface area contributed by atoms with E-state index < -0.39 is 5.54 Å². The zero-order chi connectivity index (χ0) is 15.2. The molecule has 4 nitrogen and oxygen atoms in total. The minimum absolute atomic E-state index is 0.258. The first-order valence-corrected chi connectivity index (χ1v) is 7.64. The second-order valence-corrected chi connectivity index (χ2v) is 7.63. The van der Waals surface area contributed by atoms with Crippen molar-refractivity contribution in [3.63, 3.8) is 0 Å². The maximum absolute atomic E-state index is 11.6. The number of carbonyl (C=O) groups is 1. The summed E-state index contributed by atoms with van der Waals surface area (Å²) in [4.78, 5) is 11.6. The molecular weight excluding hydrogens is 254 g/mol. The van der Waals surface area contributed by atoms with E-state index in [1.807, 2.05) is 0 Å². The number of rotatable bonds is 5. The zero-order valence-corrected chi connectivity index (χ0v) is 13.5. The van der Waals surface area contributed by atoms with Crippen LogP contribution in [0.5, 0.6) is 0 Å². The molecule has 0 aromatic carbocycles. The maximum atomic E-state index is 11.6. The number of hydrogen-bond acceptors (Lipinski definition) is 4. The van der Waals surface area contributed by atoms with Gasteiger partial charge in [0.2, 0.25) is 0 Å². The Morgan fingerprint density at radius 1 is 1.40 bits per heavy atom. The predicted octanol–water partition coefficient (Wildman–Crippen LogP) is 2.50. The van der Waals surface area contributed by atoms with Gasteiger partial charge in [-0.1, -0.05) is 20.8 Å². The molecule has 2 N–H and O–H groups in total. The Morgan fingerprint density at radius 3 is 2.50 bits per heavy atom. The van der Waals surface area contributed by atoms with Gasteiger partial charge >= 0.3 is 5.97 Å². The van der Waals surface area contributed by atoms with Gasteiger partial charge in [-0.15, -0.1) is 0 Å². The van der Waals surface area contributed by atoms with Crippen LogP contribution in [-0.4, -0.2) is 31.3 Å². The fraction of sp³-hybridized carbons (Fsp3) is 0.938. The molecule has 20 heavy (non-hydrogen) atoms. The summed E-state index contributed by atoms with van der Waals surface area (Å²) >= 11 is 0. The number of esters is 1. The summed E-state index contributed by atoms with van der Waals surface area (Å²) in [5.74, 6) is 0.392. The minimum Gasteiger partial charge on any atom is -0.468 e. The Bertz CT molecular complexity index is 391. The maximum Gasteiger partial charge on any atom is 0.325 e. The molecule has 0 saturated heterocycles. The molecule has 0 amide bonds. The Labute approximate surface area is 122 Å². The van der Waals surface area contributed by atoms with E-state index in [1.54, 1.807) is 6.92 Å². The molecule has 4 heteroatoms. The van der Waals surface area contributed by atoms with E-state index in [2.05, 4.69) is 20.8 Å². The quantitative estimate of drug-likeness (QED) is 0.787. The lowest BCUT2D eigenvalue weighted by Gasteiger charge is -2.39. The van der Waals surface area contributed by atoms with Crippen molar-refractivity contribution >= 4 is 5.97 Å². The smallest absolute Gasteiger partial charge is 0.325 e. The lowest BCUT2D eigenvalue weighted by Crippen LogP contribution is -2.47. The third-order valence-corrected chi connectivity index (χ3v) is 6.31. The summed E-state index contributed by atoms with van der Waals surface area (Å²) in [6.07, 6.45) is 4.50. The average Bonchev–Trinajstić information content (AvgIpc) is 2.70. The SMILES string of the molecule is COC(=O)C(C)(N)CCOC1CC2CCC1(C)C2(C)C. The summed E-state index contributed by atoms with van der Waals surface area (Å²) in [7, 11) is 1.37. The minimum atomic E-state index is -0.956. The first-order valence-electron chi connectivity index (χ1n) is 7.64. The molecule has 2 aliphatic rings. The molecule has 2 saturated carbocycles. The summed E-state index contributed by atoms with van der Waals surface area (Å²) < 4.78 is 10.8. The Morgan fingerprint density at radius 2 is 2.05 bits per heavy atom. The molecule has 4 atom stereocenters. The third-order valence-electron chi connectivity index (χ3n) is 6.31. The molecule has 2 bridgehead atoms. The van der Waals surface area contributed by atoms with Crippen molar-refractivity contribution in [2.45, 2.75) is 65.0 Å². The highest BCUT2D eigenvalue weighted by Crippen LogP contribution is 2.66. The number of ether oxygens (including phenoxy) is 2. The molecule has 4 unspecified atom stereocenters. The Balaban J connectivity index is 1.89. The second-order valence-electron chi connectivity index (χ2n) is 7.63. The van der Waals surface area contributed by atoms with Crippen molar-refractivity contribution in [2.24, 2.45) is 22.5 Å². The van der Waals surface area contributed by atoms with Crippen molar-refractivity contribution < 1.29 is 14.3 Å². The molecule has 0 radical (unpaired) electrons. The van der Waals surface area contributed by atoms with Crippen LogP contribution in [0.3, 0.4) is 0 Å². The van der Waals surface area contributed by atoms with Crippen LogP contribution in [0.4, 0.5) is 0 Å². The van der Waals surface area contributed by atoms with Crippen LogP contribution < -0.4 is 5.73 Å². The van der Waals surface area contributed by atoms with Gasteiger partial charge in [-0.3, -0.25) is 4.79 Å². The van der Waals surface area contributed by atoms with Crippen molar-refractivity contribution in [1.82, 2.24) is 0 Å². The normalized spacial score (nSPS) is 37.7. The molecule has 0 aromatic rings. The molecule has 116 valence electrons. The second kappa shape index (κ2) is 4.99. The van der Waals surface area contributed by atoms with Crippen LogP contribution in [0.2, 0.25) is 0 Å². The van der Waals surface area contributed by atoms with Crippen LogP contribution in [0.15, 0.2) is 0 Å². The zero-order valence-electron chi connectivity index (χ0n) is 13.5. The highest BCUT2D eigenvalue weighted by Gasteiger charge is 2.61. The first kappa shape index (κ1) is 15.8. The molecule has 2 fully saturated rings. The van der Waals surface area contributed by atoms with Gasteiger partial charge in [-0.25, -0.2) is 0 Å². The van der Waals surface area contributed by atoms with Gasteiger partial charge in [0.1, 0.15) is 5.54 Å². The Hall–Kier alpha value is -0.610. The van der Waals surface area contributed by atoms with Crippen LogP contribution in [0.25, 0.3) is 0 Å². The van der Waals surface area contributed by atoms with Gasteiger partial charge < -0.3 is 15.2 Å². The van der Waals surface area contributed by atoms with Crippen molar-refractivity contribution in [1.29, 1.82) is 0 Å². The van der Waals surface area contributed by atoms with Crippen molar-refractivity contribution in [3.05, 3.63) is 0 Å². The van der Waals surface area contributed by atoms with Gasteiger partial charge in [0.15, 0.2) is 0 Å². The summed E-state index contributed by atoms with van der Waals surface area (Å²) in [5.41, 5.74) is 5.62. The number of methoxy groups -OCH3 is 1. The number of hydrogen-bond donors (Lipinski definition) is 1. The number of fused-ring (bicyclic) bond motifs is 2. The molecular formula is C16H29NO3. The largest absolute Gasteiger partial charge is 0.468 e. The standard InChI is InChI=1S/C16H29NO3/c1-14(2)11-6-7-15(14,3)12(10-11)20-9-8-16(4,17)13(18)19-5/h11-12H,6-10,17H2,1-5H3. The monoisotopic (exact) mass is 283 g/mol.